The third kappa shape index (κ3) is 3.00. The lowest BCUT2D eigenvalue weighted by molar-refractivity contribution is 0.199. The van der Waals surface area contributed by atoms with Crippen molar-refractivity contribution in [2.24, 2.45) is 11.3 Å². The minimum absolute atomic E-state index is 0.257. The van der Waals surface area contributed by atoms with Crippen molar-refractivity contribution >= 4 is 11.4 Å². The van der Waals surface area contributed by atoms with Gasteiger partial charge in [-0.1, -0.05) is 20.8 Å². The van der Waals surface area contributed by atoms with Crippen LogP contribution >= 0.6 is 0 Å². The van der Waals surface area contributed by atoms with Crippen LogP contribution in [-0.2, 0) is 0 Å². The lowest BCUT2D eigenvalue weighted by Crippen LogP contribution is -2.38. The number of piperidine rings is 1. The number of nitrogens with two attached hydrogens (primary N) is 1. The molecule has 0 unspecified atom stereocenters. The molecule has 2 rings (SSSR count). The quantitative estimate of drug-likeness (QED) is 0.840. The molecule has 1 fully saturated rings. The number of nitrogens with zero attached hydrogens (tertiary/aromatic N) is 1. The normalized spacial score (nSPS) is 17.4. The summed E-state index contributed by atoms with van der Waals surface area (Å²) in [6, 6.07) is 3.06. The SMILES string of the molecule is COc1cc(N2CCC(C(C)(C)C)CC2)c(N)cc1F. The lowest BCUT2D eigenvalue weighted by Gasteiger charge is -2.40. The van der Waals surface area contributed by atoms with E-state index in [4.69, 9.17) is 10.5 Å². The molecule has 0 aromatic heterocycles. The second kappa shape index (κ2) is 5.51. The maximum Gasteiger partial charge on any atom is 0.167 e. The summed E-state index contributed by atoms with van der Waals surface area (Å²) >= 11 is 0. The van der Waals surface area contributed by atoms with Crippen LogP contribution in [0.5, 0.6) is 5.75 Å². The first-order valence-electron chi connectivity index (χ1n) is 7.21. The van der Waals surface area contributed by atoms with Crippen molar-refractivity contribution < 1.29 is 9.13 Å². The smallest absolute Gasteiger partial charge is 0.167 e. The Balaban J connectivity index is 2.15. The van der Waals surface area contributed by atoms with Crippen LogP contribution in [0, 0.1) is 17.2 Å². The molecule has 3 nitrogen and oxygen atoms in total. The Labute approximate surface area is 120 Å². The molecule has 1 heterocycles. The summed E-state index contributed by atoms with van der Waals surface area (Å²) in [5.74, 6) is 0.577. The number of anilines is 2. The van der Waals surface area contributed by atoms with Gasteiger partial charge in [-0.15, -0.1) is 0 Å². The lowest BCUT2D eigenvalue weighted by atomic mass is 9.75. The second-order valence-electron chi connectivity index (χ2n) is 6.67. The Morgan fingerprint density at radius 1 is 1.25 bits per heavy atom. The second-order valence-corrected chi connectivity index (χ2v) is 6.67. The van der Waals surface area contributed by atoms with Gasteiger partial charge in [-0.05, 0) is 24.2 Å². The van der Waals surface area contributed by atoms with Gasteiger partial charge in [-0.2, -0.15) is 0 Å². The number of nitrogen functional groups attached to an aromatic ring is 1. The van der Waals surface area contributed by atoms with Gasteiger partial charge in [0.1, 0.15) is 0 Å². The Hall–Kier alpha value is -1.45. The molecular weight excluding hydrogens is 255 g/mol. The number of hydrogen-bond donors (Lipinski definition) is 1. The molecule has 1 saturated heterocycles. The Morgan fingerprint density at radius 3 is 2.35 bits per heavy atom. The number of methoxy groups -OCH3 is 1. The average Bonchev–Trinajstić information content (AvgIpc) is 2.38. The maximum atomic E-state index is 13.6. The van der Waals surface area contributed by atoms with Crippen LogP contribution in [-0.4, -0.2) is 20.2 Å². The highest BCUT2D eigenvalue weighted by Gasteiger charge is 2.29. The van der Waals surface area contributed by atoms with E-state index in [1.807, 2.05) is 0 Å². The van der Waals surface area contributed by atoms with E-state index in [1.54, 1.807) is 6.07 Å². The standard InChI is InChI=1S/C16H25FN2O/c1-16(2,3)11-5-7-19(8-6-11)14-10-15(20-4)12(17)9-13(14)18/h9-11H,5-8,18H2,1-4H3. The predicted octanol–water partition coefficient (Wildman–Crippen LogP) is 3.68. The number of hydrogen-bond acceptors (Lipinski definition) is 3. The highest BCUT2D eigenvalue weighted by atomic mass is 19.1. The topological polar surface area (TPSA) is 38.5 Å². The predicted molar refractivity (Wildman–Crippen MR) is 81.8 cm³/mol. The first-order valence-corrected chi connectivity index (χ1v) is 7.21. The third-order valence-corrected chi connectivity index (χ3v) is 4.36. The molecule has 0 radical (unpaired) electrons. The largest absolute Gasteiger partial charge is 0.494 e. The summed E-state index contributed by atoms with van der Waals surface area (Å²) in [5, 5.41) is 0. The van der Waals surface area contributed by atoms with E-state index in [2.05, 4.69) is 25.7 Å². The van der Waals surface area contributed by atoms with Gasteiger partial charge in [0.15, 0.2) is 11.6 Å². The highest BCUT2D eigenvalue weighted by molar-refractivity contribution is 5.70. The average molecular weight is 280 g/mol. The fourth-order valence-electron chi connectivity index (χ4n) is 2.97. The molecule has 0 saturated carbocycles. The minimum Gasteiger partial charge on any atom is -0.494 e. The van der Waals surface area contributed by atoms with E-state index in [1.165, 1.54) is 13.2 Å². The van der Waals surface area contributed by atoms with Crippen LogP contribution < -0.4 is 15.4 Å². The Kier molecular flexibility index (Phi) is 4.11. The van der Waals surface area contributed by atoms with Crippen molar-refractivity contribution in [3.05, 3.63) is 17.9 Å². The van der Waals surface area contributed by atoms with Crippen molar-refractivity contribution in [2.45, 2.75) is 33.6 Å². The summed E-state index contributed by atoms with van der Waals surface area (Å²) in [5.41, 5.74) is 7.67. The van der Waals surface area contributed by atoms with E-state index in [-0.39, 0.29) is 5.75 Å². The summed E-state index contributed by atoms with van der Waals surface area (Å²) in [4.78, 5) is 2.24. The summed E-state index contributed by atoms with van der Waals surface area (Å²) < 4.78 is 18.6. The van der Waals surface area contributed by atoms with Gasteiger partial charge in [-0.25, -0.2) is 4.39 Å². The van der Waals surface area contributed by atoms with Gasteiger partial charge in [0.2, 0.25) is 0 Å². The van der Waals surface area contributed by atoms with E-state index in [9.17, 15) is 4.39 Å². The van der Waals surface area contributed by atoms with Crippen LogP contribution in [0.1, 0.15) is 33.6 Å². The van der Waals surface area contributed by atoms with Gasteiger partial charge in [0.05, 0.1) is 18.5 Å². The zero-order chi connectivity index (χ0) is 14.9. The minimum atomic E-state index is -0.404. The van der Waals surface area contributed by atoms with E-state index >= 15 is 0 Å². The maximum absolute atomic E-state index is 13.6. The molecule has 1 aromatic rings. The van der Waals surface area contributed by atoms with Crippen molar-refractivity contribution in [3.8, 4) is 5.75 Å². The molecule has 0 amide bonds. The molecule has 20 heavy (non-hydrogen) atoms. The molecule has 4 heteroatoms. The zero-order valence-electron chi connectivity index (χ0n) is 12.9. The highest BCUT2D eigenvalue weighted by Crippen LogP contribution is 2.38. The number of rotatable bonds is 2. The molecule has 0 spiro atoms. The van der Waals surface area contributed by atoms with Crippen LogP contribution in [0.4, 0.5) is 15.8 Å². The molecule has 0 atom stereocenters. The van der Waals surface area contributed by atoms with Crippen molar-refractivity contribution in [3.63, 3.8) is 0 Å². The molecule has 0 bridgehead atoms. The van der Waals surface area contributed by atoms with Crippen LogP contribution in [0.25, 0.3) is 0 Å². The molecule has 1 aliphatic heterocycles. The molecule has 112 valence electrons. The number of ether oxygens (including phenoxy) is 1. The van der Waals surface area contributed by atoms with Crippen LogP contribution in [0.3, 0.4) is 0 Å². The monoisotopic (exact) mass is 280 g/mol. The van der Waals surface area contributed by atoms with Crippen LogP contribution in [0.15, 0.2) is 12.1 Å². The Morgan fingerprint density at radius 2 is 1.85 bits per heavy atom. The molecular formula is C16H25FN2O. The van der Waals surface area contributed by atoms with Crippen molar-refractivity contribution in [1.82, 2.24) is 0 Å². The third-order valence-electron chi connectivity index (χ3n) is 4.36. The Bertz CT molecular complexity index is 474. The number of halogens is 1. The fourth-order valence-corrected chi connectivity index (χ4v) is 2.97. The molecule has 2 N–H and O–H groups in total. The summed E-state index contributed by atoms with van der Waals surface area (Å²) in [6.07, 6.45) is 2.28. The van der Waals surface area contributed by atoms with Gasteiger partial charge >= 0.3 is 0 Å². The first kappa shape index (κ1) is 14.9. The summed E-state index contributed by atoms with van der Waals surface area (Å²) in [7, 11) is 1.48. The van der Waals surface area contributed by atoms with Crippen LogP contribution in [0.2, 0.25) is 0 Å². The van der Waals surface area contributed by atoms with Gasteiger partial charge in [0.25, 0.3) is 0 Å². The van der Waals surface area contributed by atoms with E-state index in [0.29, 0.717) is 11.1 Å². The first-order chi connectivity index (χ1) is 9.32. The van der Waals surface area contributed by atoms with Crippen molar-refractivity contribution in [2.75, 3.05) is 30.8 Å². The van der Waals surface area contributed by atoms with Gasteiger partial charge < -0.3 is 15.4 Å². The van der Waals surface area contributed by atoms with Gasteiger partial charge in [0, 0.05) is 25.2 Å². The molecule has 1 aliphatic rings. The molecule has 0 aliphatic carbocycles. The van der Waals surface area contributed by atoms with Crippen molar-refractivity contribution in [1.29, 1.82) is 0 Å². The summed E-state index contributed by atoms with van der Waals surface area (Å²) in [6.45, 7) is 8.80. The number of benzene rings is 1. The fraction of sp³-hybridized carbons (Fsp3) is 0.625. The zero-order valence-corrected chi connectivity index (χ0v) is 12.9. The van der Waals surface area contributed by atoms with E-state index in [0.717, 1.165) is 37.5 Å². The van der Waals surface area contributed by atoms with Gasteiger partial charge in [-0.3, -0.25) is 0 Å². The van der Waals surface area contributed by atoms with E-state index < -0.39 is 5.82 Å². The molecule has 1 aromatic carbocycles.